The van der Waals surface area contributed by atoms with Crippen LogP contribution in [0.15, 0.2) is 18.2 Å². The van der Waals surface area contributed by atoms with E-state index < -0.39 is 17.7 Å². The Bertz CT molecular complexity index is 361. The summed E-state index contributed by atoms with van der Waals surface area (Å²) >= 11 is 0. The summed E-state index contributed by atoms with van der Waals surface area (Å²) in [5, 5.41) is 9.96. The summed E-state index contributed by atoms with van der Waals surface area (Å²) in [6, 6.07) is 4.04. The van der Waals surface area contributed by atoms with E-state index in [4.69, 9.17) is 0 Å². The minimum absolute atomic E-state index is 0.143. The number of benzene rings is 1. The predicted octanol–water partition coefficient (Wildman–Crippen LogP) is 3.30. The van der Waals surface area contributed by atoms with Gasteiger partial charge in [0.1, 0.15) is 0 Å². The van der Waals surface area contributed by atoms with Gasteiger partial charge in [-0.25, -0.2) is 8.78 Å². The molecule has 1 N–H and O–H groups in total. The van der Waals surface area contributed by atoms with E-state index in [-0.39, 0.29) is 17.4 Å². The van der Waals surface area contributed by atoms with Crippen molar-refractivity contribution in [1.82, 2.24) is 0 Å². The van der Waals surface area contributed by atoms with Crippen LogP contribution in [0.2, 0.25) is 0 Å². The lowest BCUT2D eigenvalue weighted by molar-refractivity contribution is 0.0472. The monoisotopic (exact) mass is 228 g/mol. The lowest BCUT2D eigenvalue weighted by Crippen LogP contribution is -2.30. The van der Waals surface area contributed by atoms with Gasteiger partial charge < -0.3 is 5.11 Å². The quantitative estimate of drug-likeness (QED) is 0.838. The third-order valence-electron chi connectivity index (χ3n) is 3.26. The molecule has 0 aromatic heterocycles. The Kier molecular flexibility index (Phi) is 4.03. The highest BCUT2D eigenvalue weighted by Gasteiger charge is 2.26. The van der Waals surface area contributed by atoms with Crippen molar-refractivity contribution in [1.29, 1.82) is 0 Å². The highest BCUT2D eigenvalue weighted by molar-refractivity contribution is 5.20. The topological polar surface area (TPSA) is 20.2 Å². The molecule has 0 radical (unpaired) electrons. The molecule has 16 heavy (non-hydrogen) atoms. The Morgan fingerprint density at radius 3 is 2.50 bits per heavy atom. The summed E-state index contributed by atoms with van der Waals surface area (Å²) in [4.78, 5) is 0. The van der Waals surface area contributed by atoms with Crippen LogP contribution in [0, 0.1) is 17.0 Å². The van der Waals surface area contributed by atoms with Crippen LogP contribution >= 0.6 is 0 Å². The van der Waals surface area contributed by atoms with Gasteiger partial charge in [-0.05, 0) is 23.5 Å². The lowest BCUT2D eigenvalue weighted by atomic mass is 9.81. The first-order valence-electron chi connectivity index (χ1n) is 5.49. The second-order valence-corrected chi connectivity index (χ2v) is 4.77. The minimum Gasteiger partial charge on any atom is -0.392 e. The van der Waals surface area contributed by atoms with Crippen LogP contribution in [0.3, 0.4) is 0 Å². The van der Waals surface area contributed by atoms with Crippen molar-refractivity contribution in [3.63, 3.8) is 0 Å². The number of rotatable bonds is 4. The molecule has 1 unspecified atom stereocenters. The Hall–Kier alpha value is -0.960. The first-order valence-corrected chi connectivity index (χ1v) is 5.49. The highest BCUT2D eigenvalue weighted by atomic mass is 19.2. The average molecular weight is 228 g/mol. The van der Waals surface area contributed by atoms with Gasteiger partial charge in [-0.15, -0.1) is 0 Å². The highest BCUT2D eigenvalue weighted by Crippen LogP contribution is 2.28. The van der Waals surface area contributed by atoms with Crippen molar-refractivity contribution in [2.24, 2.45) is 5.41 Å². The molecule has 0 bridgehead atoms. The zero-order chi connectivity index (χ0) is 12.3. The molecule has 0 aliphatic carbocycles. The fourth-order valence-electron chi connectivity index (χ4n) is 1.43. The fraction of sp³-hybridized carbons (Fsp3) is 0.538. The van der Waals surface area contributed by atoms with Crippen molar-refractivity contribution in [3.05, 3.63) is 35.4 Å². The molecular weight excluding hydrogens is 210 g/mol. The maximum Gasteiger partial charge on any atom is 0.162 e. The summed E-state index contributed by atoms with van der Waals surface area (Å²) in [5.41, 5.74) is -0.0623. The molecule has 1 rings (SSSR count). The van der Waals surface area contributed by atoms with Gasteiger partial charge in [0.25, 0.3) is 0 Å². The van der Waals surface area contributed by atoms with Gasteiger partial charge in [0.2, 0.25) is 0 Å². The first-order chi connectivity index (χ1) is 7.38. The van der Waals surface area contributed by atoms with Crippen molar-refractivity contribution in [3.8, 4) is 0 Å². The first kappa shape index (κ1) is 13.1. The van der Waals surface area contributed by atoms with Gasteiger partial charge in [-0.3, -0.25) is 0 Å². The Morgan fingerprint density at radius 1 is 1.31 bits per heavy atom. The van der Waals surface area contributed by atoms with E-state index in [0.29, 0.717) is 0 Å². The van der Waals surface area contributed by atoms with E-state index in [1.54, 1.807) is 0 Å². The normalized spacial score (nSPS) is 13.9. The molecule has 90 valence electrons. The van der Waals surface area contributed by atoms with Crippen LogP contribution < -0.4 is 0 Å². The molecule has 0 saturated carbocycles. The summed E-state index contributed by atoms with van der Waals surface area (Å²) in [7, 11) is 0. The second kappa shape index (κ2) is 4.91. The smallest absolute Gasteiger partial charge is 0.162 e. The van der Waals surface area contributed by atoms with Crippen LogP contribution in [-0.2, 0) is 6.42 Å². The maximum absolute atomic E-state index is 13.4. The van der Waals surface area contributed by atoms with Crippen molar-refractivity contribution >= 4 is 0 Å². The second-order valence-electron chi connectivity index (χ2n) is 4.77. The van der Waals surface area contributed by atoms with Crippen molar-refractivity contribution < 1.29 is 13.9 Å². The number of aliphatic hydroxyl groups is 1. The molecule has 0 amide bonds. The number of halogens is 2. The standard InChI is InChI=1S/C13H18F2O/c1-4-13(2,3)11(16)8-9-6-5-7-10(14)12(9)15/h5-7,11,16H,4,8H2,1-3H3. The molecule has 1 aromatic carbocycles. The summed E-state index contributed by atoms with van der Waals surface area (Å²) < 4.78 is 26.3. The molecule has 1 nitrogen and oxygen atoms in total. The number of hydrogen-bond donors (Lipinski definition) is 1. The molecule has 0 aliphatic heterocycles. The molecule has 0 spiro atoms. The number of aliphatic hydroxyl groups excluding tert-OH is 1. The zero-order valence-corrected chi connectivity index (χ0v) is 9.93. The summed E-state index contributed by atoms with van der Waals surface area (Å²) in [6.07, 6.45) is 0.254. The van der Waals surface area contributed by atoms with Gasteiger partial charge in [-0.1, -0.05) is 32.9 Å². The van der Waals surface area contributed by atoms with E-state index in [1.807, 2.05) is 20.8 Å². The van der Waals surface area contributed by atoms with E-state index in [1.165, 1.54) is 12.1 Å². The van der Waals surface area contributed by atoms with Gasteiger partial charge in [0, 0.05) is 6.42 Å². The number of hydrogen-bond acceptors (Lipinski definition) is 1. The fourth-order valence-corrected chi connectivity index (χ4v) is 1.43. The van der Waals surface area contributed by atoms with E-state index >= 15 is 0 Å². The molecule has 1 aromatic rings. The summed E-state index contributed by atoms with van der Waals surface area (Å²) in [6.45, 7) is 5.79. The van der Waals surface area contributed by atoms with Gasteiger partial charge >= 0.3 is 0 Å². The largest absolute Gasteiger partial charge is 0.392 e. The third-order valence-corrected chi connectivity index (χ3v) is 3.26. The van der Waals surface area contributed by atoms with Gasteiger partial charge in [0.05, 0.1) is 6.10 Å². The molecule has 0 heterocycles. The Morgan fingerprint density at radius 2 is 1.94 bits per heavy atom. The summed E-state index contributed by atoms with van der Waals surface area (Å²) in [5.74, 6) is -1.72. The maximum atomic E-state index is 13.4. The van der Waals surface area contributed by atoms with Crippen LogP contribution in [0.1, 0.15) is 32.8 Å². The van der Waals surface area contributed by atoms with Gasteiger partial charge in [0.15, 0.2) is 11.6 Å². The molecule has 3 heteroatoms. The van der Waals surface area contributed by atoms with Crippen LogP contribution in [-0.4, -0.2) is 11.2 Å². The van der Waals surface area contributed by atoms with Crippen LogP contribution in [0.25, 0.3) is 0 Å². The lowest BCUT2D eigenvalue weighted by Gasteiger charge is -2.29. The molecule has 1 atom stereocenters. The van der Waals surface area contributed by atoms with E-state index in [2.05, 4.69) is 0 Å². The Balaban J connectivity index is 2.85. The third kappa shape index (κ3) is 2.79. The molecule has 0 aliphatic rings. The SMILES string of the molecule is CCC(C)(C)C(O)Cc1cccc(F)c1F. The van der Waals surface area contributed by atoms with Crippen molar-refractivity contribution in [2.45, 2.75) is 39.7 Å². The van der Waals surface area contributed by atoms with Crippen LogP contribution in [0.5, 0.6) is 0 Å². The molecule has 0 saturated heterocycles. The average Bonchev–Trinajstić information content (AvgIpc) is 2.24. The van der Waals surface area contributed by atoms with Gasteiger partial charge in [-0.2, -0.15) is 0 Å². The molecular formula is C13H18F2O. The van der Waals surface area contributed by atoms with E-state index in [9.17, 15) is 13.9 Å². The Labute approximate surface area is 95.1 Å². The van der Waals surface area contributed by atoms with E-state index in [0.717, 1.165) is 12.5 Å². The minimum atomic E-state index is -0.862. The van der Waals surface area contributed by atoms with Crippen molar-refractivity contribution in [2.75, 3.05) is 0 Å². The zero-order valence-electron chi connectivity index (χ0n) is 9.93. The predicted molar refractivity (Wildman–Crippen MR) is 60.1 cm³/mol. The molecule has 0 fully saturated rings. The van der Waals surface area contributed by atoms with Crippen LogP contribution in [0.4, 0.5) is 8.78 Å².